The van der Waals surface area contributed by atoms with E-state index in [1.54, 1.807) is 0 Å². The summed E-state index contributed by atoms with van der Waals surface area (Å²) in [4.78, 5) is 23.4. The molecule has 0 aromatic heterocycles. The average molecular weight is 215 g/mol. The van der Waals surface area contributed by atoms with E-state index in [0.717, 1.165) is 17.7 Å². The fraction of sp³-hybridized carbons (Fsp3) is 0.800. The van der Waals surface area contributed by atoms with E-state index < -0.39 is 17.6 Å². The van der Waals surface area contributed by atoms with Crippen LogP contribution in [0.25, 0.3) is 0 Å². The van der Waals surface area contributed by atoms with Crippen molar-refractivity contribution in [2.75, 3.05) is 6.54 Å². The summed E-state index contributed by atoms with van der Waals surface area (Å²) in [5.41, 5.74) is -1.18. The van der Waals surface area contributed by atoms with Crippen LogP contribution in [-0.2, 0) is 4.79 Å². The Balaban J connectivity index is 2.98. The highest BCUT2D eigenvalue weighted by Gasteiger charge is 2.47. The molecule has 5 nitrogen and oxygen atoms in total. The number of piperidine rings is 1. The van der Waals surface area contributed by atoms with Gasteiger partial charge in [0.2, 0.25) is 0 Å². The largest absolute Gasteiger partial charge is 0.479 e. The van der Waals surface area contributed by atoms with Crippen molar-refractivity contribution < 1.29 is 19.8 Å². The Morgan fingerprint density at radius 1 is 1.33 bits per heavy atom. The number of carboxylic acid groups (broad SMARTS) is 2. The molecule has 86 valence electrons. The molecule has 1 aliphatic heterocycles. The molecule has 1 atom stereocenters. The molecule has 1 unspecified atom stereocenters. The second-order valence-corrected chi connectivity index (χ2v) is 3.98. The molecular weight excluding hydrogens is 198 g/mol. The molecule has 0 bridgehead atoms. The minimum atomic E-state index is -1.18. The number of aliphatic carboxylic acids is 1. The van der Waals surface area contributed by atoms with Crippen LogP contribution < -0.4 is 0 Å². The highest BCUT2D eigenvalue weighted by Crippen LogP contribution is 2.32. The van der Waals surface area contributed by atoms with Gasteiger partial charge in [-0.15, -0.1) is 0 Å². The van der Waals surface area contributed by atoms with Crippen LogP contribution in [0.1, 0.15) is 39.0 Å². The van der Waals surface area contributed by atoms with Gasteiger partial charge in [0.15, 0.2) is 0 Å². The lowest BCUT2D eigenvalue weighted by molar-refractivity contribution is -0.153. The van der Waals surface area contributed by atoms with Crippen LogP contribution in [0, 0.1) is 0 Å². The standard InChI is InChI=1S/C10H17NO4/c1-2-5-10(8(12)13)6-3-4-7-11(10)9(14)15/h2-7H2,1H3,(H,12,13)(H,14,15). The number of hydrogen-bond donors (Lipinski definition) is 2. The first-order chi connectivity index (χ1) is 7.04. The quantitative estimate of drug-likeness (QED) is 0.752. The first kappa shape index (κ1) is 11.8. The lowest BCUT2D eigenvalue weighted by Gasteiger charge is -2.42. The van der Waals surface area contributed by atoms with Crippen LogP contribution in [0.3, 0.4) is 0 Å². The molecule has 2 N–H and O–H groups in total. The predicted molar refractivity (Wildman–Crippen MR) is 53.9 cm³/mol. The van der Waals surface area contributed by atoms with E-state index in [1.807, 2.05) is 6.92 Å². The van der Waals surface area contributed by atoms with Gasteiger partial charge < -0.3 is 10.2 Å². The third-order valence-corrected chi connectivity index (χ3v) is 3.03. The van der Waals surface area contributed by atoms with Crippen molar-refractivity contribution in [3.63, 3.8) is 0 Å². The Morgan fingerprint density at radius 3 is 2.47 bits per heavy atom. The van der Waals surface area contributed by atoms with E-state index in [2.05, 4.69) is 0 Å². The van der Waals surface area contributed by atoms with E-state index in [1.165, 1.54) is 0 Å². The Hall–Kier alpha value is -1.26. The molecule has 0 radical (unpaired) electrons. The molecule has 0 aromatic carbocycles. The van der Waals surface area contributed by atoms with E-state index in [-0.39, 0.29) is 0 Å². The summed E-state index contributed by atoms with van der Waals surface area (Å²) in [5.74, 6) is -1.01. The minimum absolute atomic E-state index is 0.335. The second-order valence-electron chi connectivity index (χ2n) is 3.98. The molecule has 1 rings (SSSR count). The zero-order valence-electron chi connectivity index (χ0n) is 8.90. The molecule has 0 aromatic rings. The number of hydrogen-bond acceptors (Lipinski definition) is 2. The first-order valence-corrected chi connectivity index (χ1v) is 5.28. The fourth-order valence-electron chi connectivity index (χ4n) is 2.32. The molecule has 0 saturated carbocycles. The van der Waals surface area contributed by atoms with Gasteiger partial charge >= 0.3 is 12.1 Å². The number of carbonyl (C=O) groups is 2. The smallest absolute Gasteiger partial charge is 0.408 e. The van der Waals surface area contributed by atoms with Gasteiger partial charge in [-0.1, -0.05) is 13.3 Å². The molecule has 5 heteroatoms. The third-order valence-electron chi connectivity index (χ3n) is 3.03. The maximum absolute atomic E-state index is 11.3. The van der Waals surface area contributed by atoms with Crippen LogP contribution in [0.4, 0.5) is 4.79 Å². The SMILES string of the molecule is CCCC1(C(=O)O)CCCCN1C(=O)O. The second kappa shape index (κ2) is 4.51. The maximum Gasteiger partial charge on any atom is 0.408 e. The molecule has 15 heavy (non-hydrogen) atoms. The van der Waals surface area contributed by atoms with Gasteiger partial charge in [0.05, 0.1) is 0 Å². The van der Waals surface area contributed by atoms with Gasteiger partial charge in [-0.25, -0.2) is 9.59 Å². The van der Waals surface area contributed by atoms with Crippen LogP contribution in [-0.4, -0.2) is 39.3 Å². The topological polar surface area (TPSA) is 77.8 Å². The Morgan fingerprint density at radius 2 is 2.00 bits per heavy atom. The first-order valence-electron chi connectivity index (χ1n) is 5.28. The summed E-state index contributed by atoms with van der Waals surface area (Å²) < 4.78 is 0. The van der Waals surface area contributed by atoms with Gasteiger partial charge in [-0.3, -0.25) is 4.90 Å². The van der Waals surface area contributed by atoms with Gasteiger partial charge in [-0.05, 0) is 25.7 Å². The average Bonchev–Trinajstić information content (AvgIpc) is 2.18. The van der Waals surface area contributed by atoms with E-state index in [0.29, 0.717) is 25.8 Å². The van der Waals surface area contributed by atoms with Crippen LogP contribution in [0.5, 0.6) is 0 Å². The summed E-state index contributed by atoms with van der Waals surface area (Å²) in [6.07, 6.45) is 1.93. The summed E-state index contributed by atoms with van der Waals surface area (Å²) in [7, 11) is 0. The lowest BCUT2D eigenvalue weighted by atomic mass is 9.83. The van der Waals surface area contributed by atoms with Gasteiger partial charge in [0.1, 0.15) is 5.54 Å². The van der Waals surface area contributed by atoms with Crippen molar-refractivity contribution in [1.82, 2.24) is 4.90 Å². The normalized spacial score (nSPS) is 26.3. The number of likely N-dealkylation sites (tertiary alicyclic amines) is 1. The number of nitrogens with zero attached hydrogens (tertiary/aromatic N) is 1. The van der Waals surface area contributed by atoms with E-state index in [9.17, 15) is 14.7 Å². The lowest BCUT2D eigenvalue weighted by Crippen LogP contribution is -2.59. The molecule has 1 heterocycles. The van der Waals surface area contributed by atoms with Crippen molar-refractivity contribution in [1.29, 1.82) is 0 Å². The maximum atomic E-state index is 11.3. The summed E-state index contributed by atoms with van der Waals surface area (Å²) in [5, 5.41) is 18.2. The van der Waals surface area contributed by atoms with Gasteiger partial charge in [-0.2, -0.15) is 0 Å². The van der Waals surface area contributed by atoms with Crippen LogP contribution in [0.15, 0.2) is 0 Å². The van der Waals surface area contributed by atoms with E-state index in [4.69, 9.17) is 5.11 Å². The van der Waals surface area contributed by atoms with Crippen molar-refractivity contribution in [3.05, 3.63) is 0 Å². The molecule has 1 amide bonds. The van der Waals surface area contributed by atoms with Crippen molar-refractivity contribution in [2.45, 2.75) is 44.6 Å². The molecule has 0 aliphatic carbocycles. The zero-order chi connectivity index (χ0) is 11.5. The number of carboxylic acids is 1. The highest BCUT2D eigenvalue weighted by atomic mass is 16.4. The molecule has 1 fully saturated rings. The molecular formula is C10H17NO4. The van der Waals surface area contributed by atoms with Gasteiger partial charge in [0, 0.05) is 6.54 Å². The predicted octanol–water partition coefficient (Wildman–Crippen LogP) is 1.77. The number of rotatable bonds is 3. The number of amides is 1. The Labute approximate surface area is 88.7 Å². The molecule has 1 saturated heterocycles. The van der Waals surface area contributed by atoms with Crippen molar-refractivity contribution >= 4 is 12.1 Å². The Bertz CT molecular complexity index is 262. The third kappa shape index (κ3) is 2.06. The highest BCUT2D eigenvalue weighted by molar-refractivity contribution is 5.84. The fourth-order valence-corrected chi connectivity index (χ4v) is 2.32. The minimum Gasteiger partial charge on any atom is -0.479 e. The zero-order valence-corrected chi connectivity index (χ0v) is 8.90. The summed E-state index contributed by atoms with van der Waals surface area (Å²) >= 11 is 0. The molecule has 1 aliphatic rings. The van der Waals surface area contributed by atoms with Crippen molar-refractivity contribution in [3.8, 4) is 0 Å². The van der Waals surface area contributed by atoms with Crippen molar-refractivity contribution in [2.24, 2.45) is 0 Å². The molecule has 0 spiro atoms. The van der Waals surface area contributed by atoms with Crippen LogP contribution >= 0.6 is 0 Å². The Kier molecular flexibility index (Phi) is 3.55. The van der Waals surface area contributed by atoms with Crippen LogP contribution in [0.2, 0.25) is 0 Å². The summed E-state index contributed by atoms with van der Waals surface area (Å²) in [6.45, 7) is 2.21. The summed E-state index contributed by atoms with van der Waals surface area (Å²) in [6, 6.07) is 0. The monoisotopic (exact) mass is 215 g/mol. The van der Waals surface area contributed by atoms with Gasteiger partial charge in [0.25, 0.3) is 0 Å². The van der Waals surface area contributed by atoms with E-state index >= 15 is 0 Å².